The lowest BCUT2D eigenvalue weighted by Crippen LogP contribution is -2.20. The Hall–Kier alpha value is -3.94. The van der Waals surface area contributed by atoms with Gasteiger partial charge < -0.3 is 14.5 Å². The number of hydrogen-bond acceptors (Lipinski definition) is 10. The second-order valence-corrected chi connectivity index (χ2v) is 7.57. The highest BCUT2D eigenvalue weighted by Crippen LogP contribution is 2.33. The molecule has 1 N–H and O–H groups in total. The first-order valence-electron chi connectivity index (χ1n) is 8.83. The molecular formula is C18H12F3N7O3S. The highest BCUT2D eigenvalue weighted by molar-refractivity contribution is 7.15. The van der Waals surface area contributed by atoms with Crippen molar-refractivity contribution in [3.8, 4) is 10.7 Å². The Morgan fingerprint density at radius 2 is 2.00 bits per heavy atom. The van der Waals surface area contributed by atoms with E-state index in [2.05, 4.69) is 34.8 Å². The van der Waals surface area contributed by atoms with Crippen molar-refractivity contribution in [3.05, 3.63) is 58.8 Å². The first-order chi connectivity index (χ1) is 15.2. The van der Waals surface area contributed by atoms with E-state index in [1.807, 2.05) is 0 Å². The molecule has 0 aliphatic heterocycles. The van der Waals surface area contributed by atoms with E-state index >= 15 is 0 Å². The molecule has 0 saturated carbocycles. The minimum atomic E-state index is -4.74. The molecule has 0 fully saturated rings. The van der Waals surface area contributed by atoms with Crippen molar-refractivity contribution < 1.29 is 27.6 Å². The summed E-state index contributed by atoms with van der Waals surface area (Å²) < 4.78 is 42.5. The zero-order valence-corrected chi connectivity index (χ0v) is 16.9. The zero-order valence-electron chi connectivity index (χ0n) is 16.1. The van der Waals surface area contributed by atoms with Gasteiger partial charge in [-0.1, -0.05) is 5.16 Å². The quantitative estimate of drug-likeness (QED) is 0.451. The van der Waals surface area contributed by atoms with Gasteiger partial charge in [0.25, 0.3) is 0 Å². The molecule has 0 aliphatic rings. The van der Waals surface area contributed by atoms with Crippen molar-refractivity contribution in [1.82, 2.24) is 30.3 Å². The van der Waals surface area contributed by atoms with Gasteiger partial charge in [-0.25, -0.2) is 9.78 Å². The molecule has 0 saturated heterocycles. The first-order valence-corrected chi connectivity index (χ1v) is 9.64. The van der Waals surface area contributed by atoms with Gasteiger partial charge in [-0.3, -0.25) is 4.98 Å². The number of carboxylic acid groups (broad SMARTS) is 1. The summed E-state index contributed by atoms with van der Waals surface area (Å²) in [6, 6.07) is 4.57. The van der Waals surface area contributed by atoms with Crippen LogP contribution in [-0.2, 0) is 12.7 Å². The lowest BCUT2D eigenvalue weighted by molar-refractivity contribution is -0.159. The number of alkyl halides is 3. The summed E-state index contributed by atoms with van der Waals surface area (Å²) in [6.07, 6.45) is -0.590. The third kappa shape index (κ3) is 4.54. The van der Waals surface area contributed by atoms with Crippen molar-refractivity contribution in [3.63, 3.8) is 0 Å². The lowest BCUT2D eigenvalue weighted by atomic mass is 10.3. The third-order valence-electron chi connectivity index (χ3n) is 4.05. The Bertz CT molecular complexity index is 1270. The minimum Gasteiger partial charge on any atom is -0.478 e. The van der Waals surface area contributed by atoms with E-state index in [-0.39, 0.29) is 23.8 Å². The van der Waals surface area contributed by atoms with E-state index in [0.717, 1.165) is 17.5 Å². The molecule has 0 atom stereocenters. The smallest absolute Gasteiger partial charge is 0.471 e. The maximum atomic E-state index is 12.7. The molecule has 0 amide bonds. The Kier molecular flexibility index (Phi) is 5.52. The van der Waals surface area contributed by atoms with Gasteiger partial charge in [0.1, 0.15) is 0 Å². The molecule has 0 bridgehead atoms. The molecule has 0 aliphatic carbocycles. The summed E-state index contributed by atoms with van der Waals surface area (Å²) in [5, 5.41) is 20.4. The van der Waals surface area contributed by atoms with Crippen molar-refractivity contribution in [2.24, 2.45) is 0 Å². The van der Waals surface area contributed by atoms with Gasteiger partial charge >= 0.3 is 18.0 Å². The normalized spacial score (nSPS) is 11.5. The van der Waals surface area contributed by atoms with Crippen LogP contribution in [0.4, 0.5) is 24.8 Å². The summed E-state index contributed by atoms with van der Waals surface area (Å²) in [6.45, 7) is 1.90. The number of nitrogens with zero attached hydrogens (tertiary/aromatic N) is 7. The minimum absolute atomic E-state index is 0.0704. The zero-order chi connectivity index (χ0) is 22.9. The number of carbonyl (C=O) groups is 1. The number of halogens is 3. The van der Waals surface area contributed by atoms with E-state index in [1.165, 1.54) is 12.3 Å². The van der Waals surface area contributed by atoms with Gasteiger partial charge in [-0.15, -0.1) is 16.4 Å². The molecule has 10 nitrogen and oxygen atoms in total. The molecule has 32 heavy (non-hydrogen) atoms. The van der Waals surface area contributed by atoms with E-state index in [9.17, 15) is 23.1 Å². The van der Waals surface area contributed by atoms with E-state index in [0.29, 0.717) is 21.3 Å². The Morgan fingerprint density at radius 1 is 1.19 bits per heavy atom. The van der Waals surface area contributed by atoms with E-state index < -0.39 is 18.0 Å². The molecule has 0 radical (unpaired) electrons. The number of aryl methyl sites for hydroxylation is 1. The average molecular weight is 463 g/mol. The molecular weight excluding hydrogens is 451 g/mol. The van der Waals surface area contributed by atoms with Crippen molar-refractivity contribution in [2.45, 2.75) is 19.6 Å². The van der Waals surface area contributed by atoms with Crippen LogP contribution in [0.1, 0.15) is 26.8 Å². The number of anilines is 2. The van der Waals surface area contributed by atoms with Crippen LogP contribution in [0.25, 0.3) is 10.7 Å². The van der Waals surface area contributed by atoms with Gasteiger partial charge in [0.2, 0.25) is 5.82 Å². The molecule has 164 valence electrons. The van der Waals surface area contributed by atoms with Gasteiger partial charge in [0.05, 0.1) is 35.1 Å². The van der Waals surface area contributed by atoms with Crippen molar-refractivity contribution in [2.75, 3.05) is 4.90 Å². The fourth-order valence-corrected chi connectivity index (χ4v) is 3.56. The second-order valence-electron chi connectivity index (χ2n) is 6.40. The fourth-order valence-electron chi connectivity index (χ4n) is 2.64. The SMILES string of the molecule is Cc1cncc(N(Cc2ccc(-c3noc(C(F)(F)F)n3)s2)c2cc(C(=O)O)cnn2)n1. The predicted octanol–water partition coefficient (Wildman–Crippen LogP) is 3.74. The summed E-state index contributed by atoms with van der Waals surface area (Å²) in [5.41, 5.74) is 0.548. The largest absolute Gasteiger partial charge is 0.478 e. The molecule has 4 aromatic rings. The highest BCUT2D eigenvalue weighted by Gasteiger charge is 2.38. The summed E-state index contributed by atoms with van der Waals surface area (Å²) in [5.74, 6) is -2.20. The van der Waals surface area contributed by atoms with Gasteiger partial charge in [0.15, 0.2) is 11.6 Å². The van der Waals surface area contributed by atoms with Gasteiger partial charge in [-0.05, 0) is 25.1 Å². The Morgan fingerprint density at radius 3 is 2.69 bits per heavy atom. The second kappa shape index (κ2) is 8.30. The Labute approximate surface area is 181 Å². The van der Waals surface area contributed by atoms with Crippen LogP contribution >= 0.6 is 11.3 Å². The number of hydrogen-bond donors (Lipinski definition) is 1. The molecule has 0 aromatic carbocycles. The monoisotopic (exact) mass is 463 g/mol. The Balaban J connectivity index is 1.67. The van der Waals surface area contributed by atoms with Gasteiger partial charge in [-0.2, -0.15) is 23.3 Å². The summed E-state index contributed by atoms with van der Waals surface area (Å²) in [4.78, 5) is 25.9. The van der Waals surface area contributed by atoms with Gasteiger partial charge in [0, 0.05) is 11.1 Å². The van der Waals surface area contributed by atoms with Crippen LogP contribution in [-0.4, -0.2) is 41.4 Å². The third-order valence-corrected chi connectivity index (χ3v) is 5.11. The summed E-state index contributed by atoms with van der Waals surface area (Å²) >= 11 is 1.14. The van der Waals surface area contributed by atoms with Crippen LogP contribution in [0.2, 0.25) is 0 Å². The maximum absolute atomic E-state index is 12.7. The lowest BCUT2D eigenvalue weighted by Gasteiger charge is -2.21. The number of thiophene rings is 1. The molecule has 14 heteroatoms. The maximum Gasteiger partial charge on any atom is 0.471 e. The van der Waals surface area contributed by atoms with E-state index in [4.69, 9.17) is 0 Å². The fraction of sp³-hybridized carbons (Fsp3) is 0.167. The molecule has 4 aromatic heterocycles. The molecule has 4 rings (SSSR count). The number of carboxylic acids is 1. The standard InChI is InChI=1S/C18H12F3N7O3S/c1-9-5-22-7-14(24-9)28(13-4-10(16(29)30)6-23-26-13)8-11-2-3-12(32-11)15-25-17(31-27-15)18(19,20)21/h2-7H,8H2,1H3,(H,29,30). The molecule has 0 unspecified atom stereocenters. The number of rotatable bonds is 6. The highest BCUT2D eigenvalue weighted by atomic mass is 32.1. The van der Waals surface area contributed by atoms with E-state index in [1.54, 1.807) is 30.2 Å². The summed E-state index contributed by atoms with van der Waals surface area (Å²) in [7, 11) is 0. The average Bonchev–Trinajstić information content (AvgIpc) is 3.41. The van der Waals surface area contributed by atoms with Crippen LogP contribution in [0.5, 0.6) is 0 Å². The van der Waals surface area contributed by atoms with Crippen LogP contribution < -0.4 is 4.90 Å². The number of aromatic carboxylic acids is 1. The van der Waals surface area contributed by atoms with Crippen LogP contribution in [0, 0.1) is 6.92 Å². The molecule has 0 spiro atoms. The van der Waals surface area contributed by atoms with Crippen LogP contribution in [0.3, 0.4) is 0 Å². The predicted molar refractivity (Wildman–Crippen MR) is 104 cm³/mol. The molecule has 4 heterocycles. The topological polar surface area (TPSA) is 131 Å². The first kappa shape index (κ1) is 21.3. The van der Waals surface area contributed by atoms with Crippen molar-refractivity contribution >= 4 is 28.9 Å². The van der Waals surface area contributed by atoms with Crippen LogP contribution in [0.15, 0.2) is 41.3 Å². The van der Waals surface area contributed by atoms with Crippen molar-refractivity contribution in [1.29, 1.82) is 0 Å². The number of aromatic nitrogens is 6.